The van der Waals surface area contributed by atoms with Crippen molar-refractivity contribution in [1.29, 1.82) is 0 Å². The molecule has 6 heteroatoms. The van der Waals surface area contributed by atoms with Crippen LogP contribution in [0.25, 0.3) is 6.08 Å². The Bertz CT molecular complexity index is 832. The Balaban J connectivity index is 1.73. The summed E-state index contributed by atoms with van der Waals surface area (Å²) in [5.74, 6) is 0.127. The van der Waals surface area contributed by atoms with Crippen molar-refractivity contribution in [2.75, 3.05) is 26.9 Å². The zero-order valence-corrected chi connectivity index (χ0v) is 17.0. The molecule has 0 spiro atoms. The van der Waals surface area contributed by atoms with E-state index in [0.29, 0.717) is 18.0 Å². The number of esters is 1. The molecule has 0 aliphatic heterocycles. The van der Waals surface area contributed by atoms with Gasteiger partial charge in [0.05, 0.1) is 7.11 Å². The van der Waals surface area contributed by atoms with Gasteiger partial charge in [-0.3, -0.25) is 4.79 Å². The lowest BCUT2D eigenvalue weighted by Crippen LogP contribution is -2.32. The summed E-state index contributed by atoms with van der Waals surface area (Å²) in [6, 6.07) is 15.3. The second kappa shape index (κ2) is 11.5. The van der Waals surface area contributed by atoms with Crippen LogP contribution in [0.1, 0.15) is 30.9 Å². The minimum absolute atomic E-state index is 0.164. The lowest BCUT2D eigenvalue weighted by atomic mass is 10.0. The average Bonchev–Trinajstić information content (AvgIpc) is 2.75. The first-order valence-electron chi connectivity index (χ1n) is 9.44. The van der Waals surface area contributed by atoms with E-state index in [1.165, 1.54) is 7.11 Å². The predicted molar refractivity (Wildman–Crippen MR) is 112 cm³/mol. The summed E-state index contributed by atoms with van der Waals surface area (Å²) >= 11 is 0. The molecule has 1 amide bonds. The monoisotopic (exact) mass is 397 g/mol. The van der Waals surface area contributed by atoms with E-state index in [1.807, 2.05) is 68.5 Å². The second-order valence-electron chi connectivity index (χ2n) is 6.48. The number of allylic oxidation sites excluding steroid dienone is 1. The van der Waals surface area contributed by atoms with Crippen LogP contribution in [0.2, 0.25) is 0 Å². The summed E-state index contributed by atoms with van der Waals surface area (Å²) in [5.41, 5.74) is 2.09. The standard InChI is InChI=1S/C23H27NO5/c1-4-8-18-11-12-20(21(13-18)27-3)28-16-23(26)29-15-22(25)24-14-17(2)19-9-6-5-7-10-19/h4-13,17H,14-16H2,1-3H3,(H,24,25)/b8-4+/t17-/m1/s1. The molecule has 2 aromatic carbocycles. The van der Waals surface area contributed by atoms with Crippen LogP contribution in [0.3, 0.4) is 0 Å². The summed E-state index contributed by atoms with van der Waals surface area (Å²) < 4.78 is 15.7. The van der Waals surface area contributed by atoms with E-state index in [2.05, 4.69) is 5.32 Å². The van der Waals surface area contributed by atoms with Crippen LogP contribution in [-0.4, -0.2) is 38.7 Å². The molecular formula is C23H27NO5. The third-order valence-corrected chi connectivity index (χ3v) is 4.23. The molecule has 1 N–H and O–H groups in total. The van der Waals surface area contributed by atoms with E-state index in [9.17, 15) is 9.59 Å². The molecule has 0 fully saturated rings. The molecule has 2 rings (SSSR count). The molecule has 0 aliphatic carbocycles. The van der Waals surface area contributed by atoms with E-state index >= 15 is 0 Å². The van der Waals surface area contributed by atoms with Crippen molar-refractivity contribution in [3.05, 3.63) is 65.7 Å². The Morgan fingerprint density at radius 1 is 1.07 bits per heavy atom. The number of nitrogens with one attached hydrogen (secondary N) is 1. The summed E-state index contributed by atoms with van der Waals surface area (Å²) in [5, 5.41) is 2.76. The highest BCUT2D eigenvalue weighted by Gasteiger charge is 2.12. The first-order chi connectivity index (χ1) is 14.0. The quantitative estimate of drug-likeness (QED) is 0.621. The largest absolute Gasteiger partial charge is 0.493 e. The van der Waals surface area contributed by atoms with Gasteiger partial charge in [-0.2, -0.15) is 0 Å². The summed E-state index contributed by atoms with van der Waals surface area (Å²) in [6.07, 6.45) is 3.84. The van der Waals surface area contributed by atoms with Gasteiger partial charge < -0.3 is 19.5 Å². The maximum atomic E-state index is 11.9. The Hall–Kier alpha value is -3.28. The fourth-order valence-electron chi connectivity index (χ4n) is 2.64. The maximum absolute atomic E-state index is 11.9. The van der Waals surface area contributed by atoms with Gasteiger partial charge in [0.1, 0.15) is 0 Å². The average molecular weight is 397 g/mol. The van der Waals surface area contributed by atoms with Crippen molar-refractivity contribution in [1.82, 2.24) is 5.32 Å². The lowest BCUT2D eigenvalue weighted by molar-refractivity contribution is -0.150. The fraction of sp³-hybridized carbons (Fsp3) is 0.304. The van der Waals surface area contributed by atoms with Crippen molar-refractivity contribution in [2.45, 2.75) is 19.8 Å². The number of carbonyl (C=O) groups is 2. The van der Waals surface area contributed by atoms with Crippen molar-refractivity contribution >= 4 is 18.0 Å². The highest BCUT2D eigenvalue weighted by atomic mass is 16.6. The normalized spacial score (nSPS) is 11.7. The van der Waals surface area contributed by atoms with Gasteiger partial charge in [-0.1, -0.05) is 55.5 Å². The molecule has 0 heterocycles. The minimum Gasteiger partial charge on any atom is -0.493 e. The number of ether oxygens (including phenoxy) is 3. The van der Waals surface area contributed by atoms with Gasteiger partial charge in [-0.05, 0) is 36.1 Å². The zero-order valence-electron chi connectivity index (χ0n) is 17.0. The fourth-order valence-corrected chi connectivity index (χ4v) is 2.64. The van der Waals surface area contributed by atoms with Gasteiger partial charge >= 0.3 is 5.97 Å². The van der Waals surface area contributed by atoms with Crippen molar-refractivity contribution in [3.8, 4) is 11.5 Å². The van der Waals surface area contributed by atoms with Gasteiger partial charge in [0, 0.05) is 6.54 Å². The van der Waals surface area contributed by atoms with E-state index in [-0.39, 0.29) is 25.0 Å². The number of hydrogen-bond acceptors (Lipinski definition) is 5. The first kappa shape index (κ1) is 22.0. The Kier molecular flexibility index (Phi) is 8.76. The molecule has 0 radical (unpaired) electrons. The predicted octanol–water partition coefficient (Wildman–Crippen LogP) is 3.57. The molecule has 0 aliphatic rings. The Labute approximate surface area is 171 Å². The number of carbonyl (C=O) groups excluding carboxylic acids is 2. The number of methoxy groups -OCH3 is 1. The summed E-state index contributed by atoms with van der Waals surface area (Å²) in [7, 11) is 1.53. The minimum atomic E-state index is -0.629. The first-order valence-corrected chi connectivity index (χ1v) is 9.44. The molecule has 0 saturated heterocycles. The molecular weight excluding hydrogens is 370 g/mol. The van der Waals surface area contributed by atoms with Gasteiger partial charge in [0.25, 0.3) is 5.91 Å². The SMILES string of the molecule is C/C=C/c1ccc(OCC(=O)OCC(=O)NC[C@@H](C)c2ccccc2)c(OC)c1. The molecule has 0 aromatic heterocycles. The number of benzene rings is 2. The van der Waals surface area contributed by atoms with Crippen LogP contribution < -0.4 is 14.8 Å². The van der Waals surface area contributed by atoms with E-state index < -0.39 is 5.97 Å². The Morgan fingerprint density at radius 2 is 1.83 bits per heavy atom. The number of hydrogen-bond donors (Lipinski definition) is 1. The molecule has 154 valence electrons. The third-order valence-electron chi connectivity index (χ3n) is 4.23. The highest BCUT2D eigenvalue weighted by Crippen LogP contribution is 2.28. The molecule has 6 nitrogen and oxygen atoms in total. The topological polar surface area (TPSA) is 73.9 Å². The second-order valence-corrected chi connectivity index (χ2v) is 6.48. The van der Waals surface area contributed by atoms with Gasteiger partial charge in [0.2, 0.25) is 0 Å². The van der Waals surface area contributed by atoms with Gasteiger partial charge in [-0.15, -0.1) is 0 Å². The molecule has 29 heavy (non-hydrogen) atoms. The third kappa shape index (κ3) is 7.33. The molecule has 1 atom stereocenters. The molecule has 0 bridgehead atoms. The van der Waals surface area contributed by atoms with E-state index in [0.717, 1.165) is 11.1 Å². The summed E-state index contributed by atoms with van der Waals surface area (Å²) in [6.45, 7) is 3.75. The van der Waals surface area contributed by atoms with Crippen molar-refractivity contribution in [3.63, 3.8) is 0 Å². The smallest absolute Gasteiger partial charge is 0.344 e. The van der Waals surface area contributed by atoms with Crippen LogP contribution >= 0.6 is 0 Å². The van der Waals surface area contributed by atoms with Crippen LogP contribution in [0.4, 0.5) is 0 Å². The van der Waals surface area contributed by atoms with E-state index in [1.54, 1.807) is 6.07 Å². The van der Waals surface area contributed by atoms with Crippen LogP contribution in [0, 0.1) is 0 Å². The van der Waals surface area contributed by atoms with Gasteiger partial charge in [-0.25, -0.2) is 4.79 Å². The maximum Gasteiger partial charge on any atom is 0.344 e. The lowest BCUT2D eigenvalue weighted by Gasteiger charge is -2.13. The molecule has 0 unspecified atom stereocenters. The van der Waals surface area contributed by atoms with Crippen molar-refractivity contribution < 1.29 is 23.8 Å². The zero-order chi connectivity index (χ0) is 21.1. The van der Waals surface area contributed by atoms with E-state index in [4.69, 9.17) is 14.2 Å². The van der Waals surface area contributed by atoms with Crippen LogP contribution in [0.15, 0.2) is 54.6 Å². The number of amides is 1. The van der Waals surface area contributed by atoms with Crippen molar-refractivity contribution in [2.24, 2.45) is 0 Å². The molecule has 0 saturated carbocycles. The summed E-state index contributed by atoms with van der Waals surface area (Å²) in [4.78, 5) is 23.8. The van der Waals surface area contributed by atoms with Crippen LogP contribution in [-0.2, 0) is 14.3 Å². The number of rotatable bonds is 10. The molecule has 2 aromatic rings. The van der Waals surface area contributed by atoms with Gasteiger partial charge in [0.15, 0.2) is 24.7 Å². The van der Waals surface area contributed by atoms with Crippen LogP contribution in [0.5, 0.6) is 11.5 Å². The Morgan fingerprint density at radius 3 is 2.52 bits per heavy atom. The highest BCUT2D eigenvalue weighted by molar-refractivity contribution is 5.81.